The van der Waals surface area contributed by atoms with Gasteiger partial charge >= 0.3 is 71.1 Å². The predicted octanol–water partition coefficient (Wildman–Crippen LogP) is -10.1. The Morgan fingerprint density at radius 2 is 1.24 bits per heavy atom. The van der Waals surface area contributed by atoms with E-state index in [1.807, 2.05) is 20.8 Å². The SMILES string of the molecule is CO[C@@H]1[C@@H](O)[C@H](O[C@@H]2[C@@H](O)[C@H](O[C@H]3[C@H](O)[C@@H](O[C@@H]4O[C@H](CO)[C@@H](O)[C@H](O)[C@H]4O)[C@H](O[C@H]4[C@H](O[C@H]5CC[C@]6(C)[C@@H]7CC[C@]89C(=O)O[C@@](C)(C/C=C/C(C)(C)O)[C@H]8[C@@H](OC(C)=O)C[C@@]9(C)C7=CC[C@H]6C5(C)C)OC[C@@H](OS(=O)(=O)[O-])[C@@H]4O)O[C@@H]3C)O[C@H](CO)[C@H]2O)O[C@H](COS(=O)(=O)[O-])[C@H]1O.[Na+].[Na+]. The minimum absolute atomic E-state index is 0. The van der Waals surface area contributed by atoms with Crippen molar-refractivity contribution in [3.63, 3.8) is 0 Å². The van der Waals surface area contributed by atoms with Gasteiger partial charge in [0.15, 0.2) is 31.5 Å². The van der Waals surface area contributed by atoms with Gasteiger partial charge in [-0.2, -0.15) is 0 Å². The number of methoxy groups -OCH3 is 1. The molecule has 6 aliphatic heterocycles. The van der Waals surface area contributed by atoms with Crippen LogP contribution in [0.15, 0.2) is 23.8 Å². The second-order valence-electron chi connectivity index (χ2n) is 29.8. The fourth-order valence-electron chi connectivity index (χ4n) is 18.0. The number of allylic oxidation sites excluding steroid dienone is 2. The largest absolute Gasteiger partial charge is 1.00 e. The summed E-state index contributed by atoms with van der Waals surface area (Å²) in [6.07, 6.45) is -40.1. The van der Waals surface area contributed by atoms with Crippen LogP contribution < -0.4 is 59.1 Å². The number of fused-ring (bicyclic) bond motifs is 4. The van der Waals surface area contributed by atoms with Crippen LogP contribution in [-0.2, 0) is 100 Å². The van der Waals surface area contributed by atoms with E-state index in [-0.39, 0.29) is 83.3 Å². The van der Waals surface area contributed by atoms with Crippen molar-refractivity contribution >= 4 is 32.7 Å². The zero-order valence-corrected chi connectivity index (χ0v) is 64.0. The van der Waals surface area contributed by atoms with Crippen LogP contribution >= 0.6 is 0 Å². The quantitative estimate of drug-likeness (QED) is 0.0157. The van der Waals surface area contributed by atoms with E-state index in [2.05, 4.69) is 24.1 Å². The van der Waals surface area contributed by atoms with Crippen molar-refractivity contribution in [2.45, 2.75) is 278 Å². The minimum atomic E-state index is -5.60. The van der Waals surface area contributed by atoms with Gasteiger partial charge in [0.25, 0.3) is 0 Å². The van der Waals surface area contributed by atoms with Crippen molar-refractivity contribution in [3.8, 4) is 0 Å². The maximum Gasteiger partial charge on any atom is 1.00 e. The number of esters is 2. The normalized spacial score (nSPS) is 47.7. The number of carbonyl (C=O) groups excluding carboxylic acids is 2. The molecule has 3 saturated carbocycles. The van der Waals surface area contributed by atoms with Gasteiger partial charge in [-0.25, -0.2) is 16.8 Å². The number of hydrogen-bond donors (Lipinski definition) is 12. The Bertz CT molecular complexity index is 3160. The molecule has 0 radical (unpaired) electrons. The Kier molecular flexibility index (Phi) is 27.4. The van der Waals surface area contributed by atoms with E-state index in [4.69, 9.17) is 65.8 Å². The van der Waals surface area contributed by atoms with E-state index in [9.17, 15) is 96.8 Å². The third kappa shape index (κ3) is 16.7. The molecule has 0 aromatic carbocycles. The van der Waals surface area contributed by atoms with Crippen molar-refractivity contribution in [3.05, 3.63) is 23.8 Å². The van der Waals surface area contributed by atoms with Crippen LogP contribution in [0.3, 0.4) is 0 Å². The molecule has 9 fully saturated rings. The van der Waals surface area contributed by atoms with Crippen molar-refractivity contribution < 1.29 is 226 Å². The maximum atomic E-state index is 14.8. The Morgan fingerprint density at radius 1 is 0.673 bits per heavy atom. The van der Waals surface area contributed by atoms with Crippen molar-refractivity contribution in [2.75, 3.05) is 33.5 Å². The number of aliphatic hydroxyl groups is 12. The minimum Gasteiger partial charge on any atom is -0.726 e. The van der Waals surface area contributed by atoms with Gasteiger partial charge in [0.1, 0.15) is 122 Å². The molecule has 35 nitrogen and oxygen atoms in total. The fourth-order valence-corrected chi connectivity index (χ4v) is 18.8. The molecule has 39 heteroatoms. The summed E-state index contributed by atoms with van der Waals surface area (Å²) in [6, 6.07) is 0. The monoisotopic (exact) mass is 1510 g/mol. The Morgan fingerprint density at radius 3 is 1.83 bits per heavy atom. The van der Waals surface area contributed by atoms with Gasteiger partial charge in [-0.3, -0.25) is 18.0 Å². The van der Waals surface area contributed by atoms with E-state index in [1.165, 1.54) is 13.8 Å². The first kappa shape index (κ1) is 85.8. The third-order valence-electron chi connectivity index (χ3n) is 22.7. The van der Waals surface area contributed by atoms with Gasteiger partial charge in [0, 0.05) is 25.9 Å². The van der Waals surface area contributed by atoms with Crippen LogP contribution in [0, 0.1) is 39.4 Å². The molecule has 12 N–H and O–H groups in total. The Labute approximate surface area is 629 Å². The summed E-state index contributed by atoms with van der Waals surface area (Å²) in [6.45, 7) is 12.0. The molecule has 4 aliphatic carbocycles. The van der Waals surface area contributed by atoms with E-state index in [0.717, 1.165) is 12.7 Å². The second kappa shape index (κ2) is 32.3. The van der Waals surface area contributed by atoms with E-state index >= 15 is 0 Å². The zero-order valence-electron chi connectivity index (χ0n) is 58.3. The summed E-state index contributed by atoms with van der Waals surface area (Å²) in [5.74, 6) is -1.70. The second-order valence-corrected chi connectivity index (χ2v) is 31.8. The number of hydrogen-bond acceptors (Lipinski definition) is 35. The van der Waals surface area contributed by atoms with Crippen LogP contribution in [0.1, 0.15) is 107 Å². The number of rotatable bonds is 22. The molecule has 568 valence electrons. The van der Waals surface area contributed by atoms with Gasteiger partial charge < -0.3 is 132 Å². The molecule has 0 bridgehead atoms. The van der Waals surface area contributed by atoms with Gasteiger partial charge in [-0.05, 0) is 88.9 Å². The van der Waals surface area contributed by atoms with Crippen LogP contribution in [-0.4, -0.2) is 304 Å². The zero-order chi connectivity index (χ0) is 73.0. The van der Waals surface area contributed by atoms with Gasteiger partial charge in [-0.15, -0.1) is 0 Å². The molecule has 0 aromatic rings. The molecule has 1 spiro atoms. The molecular formula is C62H96Na2O35S2. The van der Waals surface area contributed by atoms with Crippen LogP contribution in [0.2, 0.25) is 0 Å². The van der Waals surface area contributed by atoms with Gasteiger partial charge in [-0.1, -0.05) is 51.5 Å². The van der Waals surface area contributed by atoms with Gasteiger partial charge in [0.2, 0.25) is 20.8 Å². The van der Waals surface area contributed by atoms with Crippen molar-refractivity contribution in [2.24, 2.45) is 39.4 Å². The molecule has 101 heavy (non-hydrogen) atoms. The van der Waals surface area contributed by atoms with Crippen LogP contribution in [0.5, 0.6) is 0 Å². The first-order valence-corrected chi connectivity index (χ1v) is 35.8. The average Bonchev–Trinajstić information content (AvgIpc) is 1.51. The van der Waals surface area contributed by atoms with E-state index in [1.54, 1.807) is 26.0 Å². The summed E-state index contributed by atoms with van der Waals surface area (Å²) in [7, 11) is -9.94. The number of aliphatic hydroxyl groups excluding tert-OH is 11. The summed E-state index contributed by atoms with van der Waals surface area (Å²) in [4.78, 5) is 27.7. The molecule has 10 aliphatic rings. The molecule has 10 rings (SSSR count). The molecule has 0 unspecified atom stereocenters. The van der Waals surface area contributed by atoms with E-state index < -0.39 is 252 Å². The summed E-state index contributed by atoms with van der Waals surface area (Å²) >= 11 is 0. The molecular weight excluding hydrogens is 1410 g/mol. The standard InChI is InChI=1S/C62H98O35S2.2Na/c1-25-45(92-53-44(74)47(37(67)31(22-64)89-53)93-52-43(73)46(83-10)38(68)32(90-52)24-85-98(77,78)79)42(72)49(94-51-41(71)40(70)36(66)30(21-63)88-51)55(86-25)95-48-39(69)33(97-99(80,81)82)23-84-54(48)91-35-15-18-59(7)27-14-19-62-50(61(9,96-56(62)75)17-11-16-57(3,4)76)29(87-26(2)65)20-60(62,8)28(27)12-13-34(59)58(35,5)6;;/h11-12,16,25,27,29-55,63-64,66-74,76H,13-15,17-24H2,1-10H3,(H,77,78,79)(H,80,81,82);;/q;2*+1/p-2/b16-11+;;/t25-,27-,29+,30-,31-,32-,33-,34+,35+,36-,37-,38-,39+,40+,41-,42+,43-,44-,45-,46+,47+,48-,49-,50-,51+,52+,53+,54+,55+,59-,60+,61+,62-;;/m1../s1. The number of carbonyl (C=O) groups is 2. The molecule has 6 heterocycles. The predicted molar refractivity (Wildman–Crippen MR) is 322 cm³/mol. The fraction of sp³-hybridized carbons (Fsp3) is 0.903. The smallest absolute Gasteiger partial charge is 0.726 e. The third-order valence-corrected chi connectivity index (χ3v) is 23.6. The first-order valence-electron chi connectivity index (χ1n) is 33.1. The van der Waals surface area contributed by atoms with E-state index in [0.29, 0.717) is 38.5 Å². The Balaban J connectivity index is 0.00000648. The molecule has 33 atom stereocenters. The maximum absolute atomic E-state index is 14.8. The number of cyclic esters (lactones) is 1. The summed E-state index contributed by atoms with van der Waals surface area (Å²) in [5.41, 5.74) is -4.36. The molecule has 0 aromatic heterocycles. The molecule has 6 saturated heterocycles. The topological polar surface area (TPSA) is 530 Å². The van der Waals surface area contributed by atoms with Crippen LogP contribution in [0.25, 0.3) is 0 Å². The summed E-state index contributed by atoms with van der Waals surface area (Å²) < 4.78 is 158. The van der Waals surface area contributed by atoms with Gasteiger partial charge in [0.05, 0.1) is 55.6 Å². The first-order chi connectivity index (χ1) is 46.0. The summed E-state index contributed by atoms with van der Waals surface area (Å²) in [5, 5.41) is 134. The van der Waals surface area contributed by atoms with Crippen molar-refractivity contribution in [1.29, 1.82) is 0 Å². The number of ether oxygens (including phenoxy) is 13. The molecule has 0 amide bonds. The Hall–Kier alpha value is -0.760. The average molecular weight is 1510 g/mol. The van der Waals surface area contributed by atoms with Crippen molar-refractivity contribution in [1.82, 2.24) is 0 Å². The van der Waals surface area contributed by atoms with Crippen LogP contribution in [0.4, 0.5) is 0 Å².